The minimum atomic E-state index is -0.530. The molecule has 2 aromatic heterocycles. The number of hydrogen-bond donors (Lipinski definition) is 2. The zero-order valence-corrected chi connectivity index (χ0v) is 16.0. The highest BCUT2D eigenvalue weighted by molar-refractivity contribution is 6.03. The van der Waals surface area contributed by atoms with E-state index in [9.17, 15) is 9.59 Å². The molecule has 0 aromatic carbocycles. The van der Waals surface area contributed by atoms with Crippen LogP contribution in [0.3, 0.4) is 0 Å². The average Bonchev–Trinajstić information content (AvgIpc) is 3.10. The highest BCUT2D eigenvalue weighted by atomic mass is 16.2. The van der Waals surface area contributed by atoms with E-state index in [1.807, 2.05) is 19.2 Å². The lowest BCUT2D eigenvalue weighted by atomic mass is 9.88. The first-order valence-electron chi connectivity index (χ1n) is 8.98. The summed E-state index contributed by atoms with van der Waals surface area (Å²) in [6.07, 6.45) is 4.14. The molecule has 3 heterocycles. The molecule has 140 valence electrons. The fourth-order valence-electron chi connectivity index (χ4n) is 3.04. The van der Waals surface area contributed by atoms with Crippen LogP contribution in [0.1, 0.15) is 51.4 Å². The molecule has 3 N–H and O–H groups in total. The number of nitrogens with one attached hydrogen (secondary N) is 1. The minimum absolute atomic E-state index is 0.00898. The molecule has 7 nitrogen and oxygen atoms in total. The number of carbonyl (C=O) groups excluding carboxylic acids is 2. The SMILES string of the molecule is CC1CCN(c2cc3c(N[C@H](C)C(C)(C)C)c(C(N)=O)cnn3c2)C1=O. The van der Waals surface area contributed by atoms with Gasteiger partial charge in [0, 0.05) is 18.5 Å². The summed E-state index contributed by atoms with van der Waals surface area (Å²) in [5.74, 6) is -0.378. The molecule has 2 aromatic rings. The molecule has 7 heteroatoms. The molecule has 0 aliphatic carbocycles. The van der Waals surface area contributed by atoms with Crippen LogP contribution in [0.25, 0.3) is 5.52 Å². The summed E-state index contributed by atoms with van der Waals surface area (Å²) >= 11 is 0. The molecule has 1 fully saturated rings. The van der Waals surface area contributed by atoms with Crippen LogP contribution in [-0.4, -0.2) is 34.0 Å². The van der Waals surface area contributed by atoms with Crippen molar-refractivity contribution in [3.8, 4) is 0 Å². The molecule has 0 spiro atoms. The number of fused-ring (bicyclic) bond motifs is 1. The zero-order chi connectivity index (χ0) is 19.2. The van der Waals surface area contributed by atoms with Crippen LogP contribution in [0.5, 0.6) is 0 Å². The van der Waals surface area contributed by atoms with Gasteiger partial charge >= 0.3 is 0 Å². The molecule has 0 saturated carbocycles. The lowest BCUT2D eigenvalue weighted by Gasteiger charge is -2.29. The Morgan fingerprint density at radius 1 is 1.42 bits per heavy atom. The highest BCUT2D eigenvalue weighted by Gasteiger charge is 2.30. The molecule has 1 aliphatic heterocycles. The second kappa shape index (κ2) is 6.30. The fourth-order valence-corrected chi connectivity index (χ4v) is 3.04. The van der Waals surface area contributed by atoms with Crippen LogP contribution in [0.2, 0.25) is 0 Å². The Morgan fingerprint density at radius 2 is 2.12 bits per heavy atom. The van der Waals surface area contributed by atoms with Gasteiger partial charge in [0.15, 0.2) is 0 Å². The summed E-state index contributed by atoms with van der Waals surface area (Å²) in [5, 5.41) is 7.74. The van der Waals surface area contributed by atoms with Gasteiger partial charge in [-0.3, -0.25) is 9.59 Å². The largest absolute Gasteiger partial charge is 0.380 e. The number of nitrogens with zero attached hydrogens (tertiary/aromatic N) is 3. The Kier molecular flexibility index (Phi) is 4.42. The lowest BCUT2D eigenvalue weighted by molar-refractivity contribution is -0.119. The van der Waals surface area contributed by atoms with Crippen molar-refractivity contribution in [3.63, 3.8) is 0 Å². The molecule has 0 bridgehead atoms. The third kappa shape index (κ3) is 3.13. The Hall–Kier alpha value is -2.57. The Balaban J connectivity index is 2.09. The molecule has 3 rings (SSSR count). The van der Waals surface area contributed by atoms with Gasteiger partial charge < -0.3 is 16.0 Å². The van der Waals surface area contributed by atoms with Gasteiger partial charge in [0.1, 0.15) is 0 Å². The third-order valence-corrected chi connectivity index (χ3v) is 5.33. The number of aromatic nitrogens is 2. The molecular weight excluding hydrogens is 330 g/mol. The number of amides is 2. The predicted octanol–water partition coefficient (Wildman–Crippen LogP) is 2.65. The van der Waals surface area contributed by atoms with Crippen molar-refractivity contribution >= 4 is 28.7 Å². The molecular formula is C19H27N5O2. The van der Waals surface area contributed by atoms with E-state index in [1.54, 1.807) is 9.42 Å². The minimum Gasteiger partial charge on any atom is -0.380 e. The normalized spacial score (nSPS) is 19.2. The second-order valence-corrected chi connectivity index (χ2v) is 8.24. The van der Waals surface area contributed by atoms with E-state index in [4.69, 9.17) is 5.73 Å². The van der Waals surface area contributed by atoms with Gasteiger partial charge in [-0.05, 0) is 24.8 Å². The van der Waals surface area contributed by atoms with Crippen molar-refractivity contribution in [2.45, 2.75) is 47.1 Å². The predicted molar refractivity (Wildman–Crippen MR) is 102 cm³/mol. The molecule has 1 aliphatic rings. The first-order valence-corrected chi connectivity index (χ1v) is 8.98. The average molecular weight is 357 g/mol. The van der Waals surface area contributed by atoms with Gasteiger partial charge in [0.05, 0.1) is 34.8 Å². The van der Waals surface area contributed by atoms with Crippen molar-refractivity contribution in [1.29, 1.82) is 0 Å². The number of hydrogen-bond acceptors (Lipinski definition) is 4. The van der Waals surface area contributed by atoms with Gasteiger partial charge in [-0.2, -0.15) is 5.10 Å². The summed E-state index contributed by atoms with van der Waals surface area (Å²) in [6.45, 7) is 11.1. The summed E-state index contributed by atoms with van der Waals surface area (Å²) in [4.78, 5) is 26.1. The molecule has 1 unspecified atom stereocenters. The number of anilines is 2. The topological polar surface area (TPSA) is 92.7 Å². The van der Waals surface area contributed by atoms with Gasteiger partial charge in [0.25, 0.3) is 5.91 Å². The molecule has 1 saturated heterocycles. The fraction of sp³-hybridized carbons (Fsp3) is 0.526. The number of nitrogens with two attached hydrogens (primary N) is 1. The smallest absolute Gasteiger partial charge is 0.252 e. The van der Waals surface area contributed by atoms with Crippen molar-refractivity contribution in [1.82, 2.24) is 9.61 Å². The number of carbonyl (C=O) groups is 2. The monoisotopic (exact) mass is 357 g/mol. The third-order valence-electron chi connectivity index (χ3n) is 5.33. The Morgan fingerprint density at radius 3 is 2.65 bits per heavy atom. The van der Waals surface area contributed by atoms with E-state index < -0.39 is 5.91 Å². The first kappa shape index (κ1) is 18.2. The quantitative estimate of drug-likeness (QED) is 0.880. The van der Waals surface area contributed by atoms with Crippen molar-refractivity contribution in [3.05, 3.63) is 24.0 Å². The van der Waals surface area contributed by atoms with Crippen LogP contribution in [0, 0.1) is 11.3 Å². The molecule has 26 heavy (non-hydrogen) atoms. The maximum absolute atomic E-state index is 12.4. The maximum Gasteiger partial charge on any atom is 0.252 e. The summed E-state index contributed by atoms with van der Waals surface area (Å²) in [6, 6.07) is 1.99. The Labute approximate surface area is 153 Å². The zero-order valence-electron chi connectivity index (χ0n) is 16.0. The van der Waals surface area contributed by atoms with Crippen LogP contribution in [-0.2, 0) is 4.79 Å². The van der Waals surface area contributed by atoms with Gasteiger partial charge in [-0.1, -0.05) is 27.7 Å². The van der Waals surface area contributed by atoms with E-state index in [0.29, 0.717) is 17.8 Å². The molecule has 0 radical (unpaired) electrons. The first-order chi connectivity index (χ1) is 12.1. The summed E-state index contributed by atoms with van der Waals surface area (Å²) < 4.78 is 1.69. The van der Waals surface area contributed by atoms with Gasteiger partial charge in [-0.15, -0.1) is 0 Å². The molecule has 2 atom stereocenters. The number of primary amides is 1. The Bertz CT molecular complexity index is 865. The van der Waals surface area contributed by atoms with Crippen molar-refractivity contribution < 1.29 is 9.59 Å². The lowest BCUT2D eigenvalue weighted by Crippen LogP contribution is -2.32. The van der Waals surface area contributed by atoms with Crippen molar-refractivity contribution in [2.75, 3.05) is 16.8 Å². The van der Waals surface area contributed by atoms with Crippen molar-refractivity contribution in [2.24, 2.45) is 17.1 Å². The van der Waals surface area contributed by atoms with E-state index in [1.165, 1.54) is 6.20 Å². The maximum atomic E-state index is 12.4. The second-order valence-electron chi connectivity index (χ2n) is 8.24. The van der Waals surface area contributed by atoms with E-state index in [-0.39, 0.29) is 23.3 Å². The standard InChI is InChI=1S/C19H27N5O2/c1-11-6-7-23(18(11)26)13-8-15-16(22-12(2)19(3,4)5)14(17(20)25)9-21-24(15)10-13/h8-12,22H,6-7H2,1-5H3,(H2,20,25)/t11?,12-/m1/s1. The van der Waals surface area contributed by atoms with Crippen LogP contribution < -0.4 is 16.0 Å². The number of rotatable bonds is 4. The van der Waals surface area contributed by atoms with E-state index in [0.717, 1.165) is 17.6 Å². The van der Waals surface area contributed by atoms with E-state index in [2.05, 4.69) is 38.1 Å². The highest BCUT2D eigenvalue weighted by Crippen LogP contribution is 2.32. The molecule has 2 amide bonds. The van der Waals surface area contributed by atoms with E-state index >= 15 is 0 Å². The summed E-state index contributed by atoms with van der Waals surface area (Å²) in [5.41, 5.74) is 8.09. The van der Waals surface area contributed by atoms with Crippen LogP contribution in [0.15, 0.2) is 18.5 Å². The summed E-state index contributed by atoms with van der Waals surface area (Å²) in [7, 11) is 0. The van der Waals surface area contributed by atoms with Crippen LogP contribution in [0.4, 0.5) is 11.4 Å². The van der Waals surface area contributed by atoms with Crippen LogP contribution >= 0.6 is 0 Å². The van der Waals surface area contributed by atoms with Gasteiger partial charge in [-0.25, -0.2) is 4.52 Å². The van der Waals surface area contributed by atoms with Gasteiger partial charge in [0.2, 0.25) is 5.91 Å².